The molecular formula is C15H20N2. The Morgan fingerprint density at radius 1 is 1.24 bits per heavy atom. The lowest BCUT2D eigenvalue weighted by molar-refractivity contribution is 0.554. The van der Waals surface area contributed by atoms with E-state index in [9.17, 15) is 0 Å². The van der Waals surface area contributed by atoms with Gasteiger partial charge in [0.05, 0.1) is 5.52 Å². The molecular weight excluding hydrogens is 208 g/mol. The minimum Gasteiger partial charge on any atom is -0.316 e. The molecule has 0 aliphatic carbocycles. The minimum absolute atomic E-state index is 0.713. The average molecular weight is 228 g/mol. The Morgan fingerprint density at radius 3 is 2.88 bits per heavy atom. The number of para-hydroxylation sites is 1. The van der Waals surface area contributed by atoms with E-state index in [-0.39, 0.29) is 0 Å². The summed E-state index contributed by atoms with van der Waals surface area (Å²) in [4.78, 5) is 4.47. The number of hydrogen-bond donors (Lipinski definition) is 1. The zero-order valence-corrected chi connectivity index (χ0v) is 10.6. The van der Waals surface area contributed by atoms with Crippen molar-refractivity contribution in [2.45, 2.75) is 20.3 Å². The second-order valence-electron chi connectivity index (χ2n) is 4.88. The molecule has 0 saturated carbocycles. The van der Waals surface area contributed by atoms with Gasteiger partial charge in [-0.3, -0.25) is 4.98 Å². The van der Waals surface area contributed by atoms with E-state index in [0.29, 0.717) is 5.92 Å². The summed E-state index contributed by atoms with van der Waals surface area (Å²) < 4.78 is 0. The lowest BCUT2D eigenvalue weighted by Crippen LogP contribution is -2.22. The average Bonchev–Trinajstić information content (AvgIpc) is 2.34. The molecule has 1 heterocycles. The van der Waals surface area contributed by atoms with Gasteiger partial charge in [-0.1, -0.05) is 32.0 Å². The van der Waals surface area contributed by atoms with Crippen molar-refractivity contribution in [2.24, 2.45) is 5.92 Å². The van der Waals surface area contributed by atoms with Gasteiger partial charge in [-0.25, -0.2) is 0 Å². The molecule has 0 spiro atoms. The van der Waals surface area contributed by atoms with Crippen LogP contribution in [0.4, 0.5) is 0 Å². The third kappa shape index (κ3) is 3.53. The molecule has 1 aromatic heterocycles. The maximum atomic E-state index is 4.47. The molecule has 17 heavy (non-hydrogen) atoms. The zero-order chi connectivity index (χ0) is 12.1. The molecule has 2 rings (SSSR count). The molecule has 0 saturated heterocycles. The van der Waals surface area contributed by atoms with Crippen molar-refractivity contribution in [3.8, 4) is 0 Å². The van der Waals surface area contributed by atoms with E-state index in [1.165, 1.54) is 10.9 Å². The number of nitrogens with zero attached hydrogens (tertiary/aromatic N) is 1. The third-order valence-corrected chi connectivity index (χ3v) is 2.79. The number of benzene rings is 1. The quantitative estimate of drug-likeness (QED) is 0.796. The lowest BCUT2D eigenvalue weighted by Gasteiger charge is -2.07. The van der Waals surface area contributed by atoms with Gasteiger partial charge in [-0.2, -0.15) is 0 Å². The first-order chi connectivity index (χ1) is 8.25. The topological polar surface area (TPSA) is 24.9 Å². The first kappa shape index (κ1) is 12.1. The summed E-state index contributed by atoms with van der Waals surface area (Å²) in [6.45, 7) is 6.56. The van der Waals surface area contributed by atoms with Gasteiger partial charge in [0.25, 0.3) is 0 Å². The summed E-state index contributed by atoms with van der Waals surface area (Å²) in [6, 6.07) is 10.5. The van der Waals surface area contributed by atoms with Gasteiger partial charge < -0.3 is 5.32 Å². The van der Waals surface area contributed by atoms with Crippen molar-refractivity contribution in [3.05, 3.63) is 42.1 Å². The molecule has 0 aliphatic heterocycles. The van der Waals surface area contributed by atoms with E-state index in [2.05, 4.69) is 48.4 Å². The molecule has 2 heteroatoms. The molecule has 1 aromatic carbocycles. The number of rotatable bonds is 5. The van der Waals surface area contributed by atoms with Crippen LogP contribution in [-0.4, -0.2) is 18.1 Å². The number of fused-ring (bicyclic) bond motifs is 1. The Balaban J connectivity index is 1.95. The van der Waals surface area contributed by atoms with Crippen LogP contribution in [0.3, 0.4) is 0 Å². The molecule has 0 bridgehead atoms. The van der Waals surface area contributed by atoms with Gasteiger partial charge in [-0.15, -0.1) is 0 Å². The zero-order valence-electron chi connectivity index (χ0n) is 10.6. The molecule has 2 aromatic rings. The Labute approximate surface area is 103 Å². The van der Waals surface area contributed by atoms with Crippen LogP contribution in [-0.2, 0) is 6.42 Å². The first-order valence-corrected chi connectivity index (χ1v) is 6.30. The van der Waals surface area contributed by atoms with Crippen LogP contribution in [0.1, 0.15) is 19.4 Å². The Hall–Kier alpha value is -1.41. The predicted octanol–water partition coefficient (Wildman–Crippen LogP) is 3.02. The fraction of sp³-hybridized carbons (Fsp3) is 0.400. The fourth-order valence-corrected chi connectivity index (χ4v) is 1.88. The monoisotopic (exact) mass is 228 g/mol. The third-order valence-electron chi connectivity index (χ3n) is 2.79. The molecule has 0 atom stereocenters. The standard InChI is InChI=1S/C15H20N2/c1-12(2)10-16-8-7-13-9-14-5-3-4-6-15(14)17-11-13/h3-6,9,11-12,16H,7-8,10H2,1-2H3. The van der Waals surface area contributed by atoms with Gasteiger partial charge in [-0.05, 0) is 43.1 Å². The highest BCUT2D eigenvalue weighted by molar-refractivity contribution is 5.78. The predicted molar refractivity (Wildman–Crippen MR) is 73.2 cm³/mol. The van der Waals surface area contributed by atoms with Crippen LogP contribution in [0.2, 0.25) is 0 Å². The molecule has 0 amide bonds. The molecule has 90 valence electrons. The minimum atomic E-state index is 0.713. The van der Waals surface area contributed by atoms with Crippen LogP contribution in [0.15, 0.2) is 36.5 Å². The maximum Gasteiger partial charge on any atom is 0.0702 e. The van der Waals surface area contributed by atoms with Crippen molar-refractivity contribution >= 4 is 10.9 Å². The number of pyridine rings is 1. The van der Waals surface area contributed by atoms with E-state index in [0.717, 1.165) is 25.0 Å². The smallest absolute Gasteiger partial charge is 0.0702 e. The van der Waals surface area contributed by atoms with Gasteiger partial charge in [0, 0.05) is 11.6 Å². The molecule has 0 aliphatic rings. The van der Waals surface area contributed by atoms with Crippen LogP contribution >= 0.6 is 0 Å². The van der Waals surface area contributed by atoms with Gasteiger partial charge in [0.2, 0.25) is 0 Å². The Kier molecular flexibility index (Phi) is 4.10. The number of aromatic nitrogens is 1. The van der Waals surface area contributed by atoms with Gasteiger partial charge in [0.15, 0.2) is 0 Å². The fourth-order valence-electron chi connectivity index (χ4n) is 1.88. The van der Waals surface area contributed by atoms with Crippen LogP contribution in [0.5, 0.6) is 0 Å². The molecule has 1 N–H and O–H groups in total. The van der Waals surface area contributed by atoms with Crippen LogP contribution < -0.4 is 5.32 Å². The van der Waals surface area contributed by atoms with Gasteiger partial charge in [0.1, 0.15) is 0 Å². The molecule has 2 nitrogen and oxygen atoms in total. The van der Waals surface area contributed by atoms with E-state index in [4.69, 9.17) is 0 Å². The van der Waals surface area contributed by atoms with Crippen molar-refractivity contribution < 1.29 is 0 Å². The SMILES string of the molecule is CC(C)CNCCc1cnc2ccccc2c1. The summed E-state index contributed by atoms with van der Waals surface area (Å²) in [6.07, 6.45) is 3.03. The Bertz CT molecular complexity index is 477. The largest absolute Gasteiger partial charge is 0.316 e. The maximum absolute atomic E-state index is 4.47. The molecule has 0 unspecified atom stereocenters. The van der Waals surface area contributed by atoms with E-state index >= 15 is 0 Å². The van der Waals surface area contributed by atoms with Crippen molar-refractivity contribution in [1.82, 2.24) is 10.3 Å². The summed E-state index contributed by atoms with van der Waals surface area (Å²) >= 11 is 0. The summed E-state index contributed by atoms with van der Waals surface area (Å²) in [5.74, 6) is 0.713. The molecule has 0 radical (unpaired) electrons. The second kappa shape index (κ2) is 5.78. The summed E-state index contributed by atoms with van der Waals surface area (Å²) in [7, 11) is 0. The van der Waals surface area contributed by atoms with Gasteiger partial charge >= 0.3 is 0 Å². The normalized spacial score (nSPS) is 11.2. The summed E-state index contributed by atoms with van der Waals surface area (Å²) in [5.41, 5.74) is 2.38. The van der Waals surface area contributed by atoms with Crippen molar-refractivity contribution in [1.29, 1.82) is 0 Å². The van der Waals surface area contributed by atoms with Crippen LogP contribution in [0, 0.1) is 5.92 Å². The van der Waals surface area contributed by atoms with Crippen molar-refractivity contribution in [3.63, 3.8) is 0 Å². The first-order valence-electron chi connectivity index (χ1n) is 6.30. The van der Waals surface area contributed by atoms with E-state index in [1.54, 1.807) is 0 Å². The highest BCUT2D eigenvalue weighted by Gasteiger charge is 1.98. The number of nitrogens with one attached hydrogen (secondary N) is 1. The highest BCUT2D eigenvalue weighted by Crippen LogP contribution is 2.12. The summed E-state index contributed by atoms with van der Waals surface area (Å²) in [5, 5.41) is 4.68. The lowest BCUT2D eigenvalue weighted by atomic mass is 10.1. The van der Waals surface area contributed by atoms with E-state index < -0.39 is 0 Å². The molecule has 0 fully saturated rings. The Morgan fingerprint density at radius 2 is 2.06 bits per heavy atom. The van der Waals surface area contributed by atoms with Crippen molar-refractivity contribution in [2.75, 3.05) is 13.1 Å². The number of hydrogen-bond acceptors (Lipinski definition) is 2. The highest BCUT2D eigenvalue weighted by atomic mass is 14.8. The second-order valence-corrected chi connectivity index (χ2v) is 4.88. The van der Waals surface area contributed by atoms with Crippen LogP contribution in [0.25, 0.3) is 10.9 Å². The van der Waals surface area contributed by atoms with E-state index in [1.807, 2.05) is 12.3 Å².